The Morgan fingerprint density at radius 3 is 2.50 bits per heavy atom. The number of carbonyl (C=O) groups is 1. The summed E-state index contributed by atoms with van der Waals surface area (Å²) in [6, 6.07) is 18.3. The Hall–Kier alpha value is -3.28. The molecule has 0 saturated carbocycles. The van der Waals surface area contributed by atoms with Gasteiger partial charge in [0.25, 0.3) is 0 Å². The van der Waals surface area contributed by atoms with Crippen molar-refractivity contribution in [3.05, 3.63) is 72.0 Å². The van der Waals surface area contributed by atoms with Crippen molar-refractivity contribution in [1.82, 2.24) is 10.2 Å². The lowest BCUT2D eigenvalue weighted by Crippen LogP contribution is -2.38. The van der Waals surface area contributed by atoms with Crippen LogP contribution in [0.2, 0.25) is 0 Å². The van der Waals surface area contributed by atoms with Crippen molar-refractivity contribution in [2.45, 2.75) is 39.0 Å². The molecule has 1 amide bonds. The summed E-state index contributed by atoms with van der Waals surface area (Å²) in [5.74, 6) is 0.567. The van der Waals surface area contributed by atoms with E-state index in [9.17, 15) is 9.18 Å². The van der Waals surface area contributed by atoms with Crippen LogP contribution in [-0.2, 0) is 11.2 Å². The standard InChI is InChI=1S/C26H29FN4O/c1-2-3-5-19-8-10-23(11-9-19)28-26(32)20-14-16-31(17-15-20)25-13-12-24(29-30-25)21-6-4-7-22(27)18-21/h4,6-13,18,20H,2-3,5,14-17H2,1H3,(H,28,32). The lowest BCUT2D eigenvalue weighted by atomic mass is 9.95. The number of rotatable bonds is 7. The molecule has 0 atom stereocenters. The average Bonchev–Trinajstić information content (AvgIpc) is 2.84. The predicted octanol–water partition coefficient (Wildman–Crippen LogP) is 5.48. The summed E-state index contributed by atoms with van der Waals surface area (Å²) in [4.78, 5) is 14.9. The Morgan fingerprint density at radius 2 is 1.84 bits per heavy atom. The number of aromatic nitrogens is 2. The fourth-order valence-electron chi connectivity index (χ4n) is 4.05. The molecule has 1 N–H and O–H groups in total. The van der Waals surface area contributed by atoms with Gasteiger partial charge in [0.1, 0.15) is 5.82 Å². The van der Waals surface area contributed by atoms with Crippen LogP contribution in [0.1, 0.15) is 38.2 Å². The minimum atomic E-state index is -0.291. The molecular formula is C26H29FN4O. The van der Waals surface area contributed by atoms with Gasteiger partial charge in [-0.1, -0.05) is 37.6 Å². The van der Waals surface area contributed by atoms with Gasteiger partial charge < -0.3 is 10.2 Å². The molecule has 2 heterocycles. The molecule has 0 spiro atoms. The van der Waals surface area contributed by atoms with Gasteiger partial charge in [-0.25, -0.2) is 4.39 Å². The molecule has 5 nitrogen and oxygen atoms in total. The molecule has 0 bridgehead atoms. The van der Waals surface area contributed by atoms with Crippen molar-refractivity contribution in [2.24, 2.45) is 5.92 Å². The van der Waals surface area contributed by atoms with Crippen LogP contribution in [-0.4, -0.2) is 29.2 Å². The SMILES string of the molecule is CCCCc1ccc(NC(=O)C2CCN(c3ccc(-c4cccc(F)c4)nn3)CC2)cc1. The number of aryl methyl sites for hydroxylation is 1. The topological polar surface area (TPSA) is 58.1 Å². The van der Waals surface area contributed by atoms with E-state index in [1.54, 1.807) is 6.07 Å². The molecule has 0 radical (unpaired) electrons. The first-order chi connectivity index (χ1) is 15.6. The van der Waals surface area contributed by atoms with E-state index in [1.807, 2.05) is 30.3 Å². The minimum absolute atomic E-state index is 0.00876. The highest BCUT2D eigenvalue weighted by Crippen LogP contribution is 2.25. The van der Waals surface area contributed by atoms with Crippen LogP contribution in [0.4, 0.5) is 15.9 Å². The van der Waals surface area contributed by atoms with Gasteiger partial charge in [0, 0.05) is 30.3 Å². The zero-order valence-electron chi connectivity index (χ0n) is 18.4. The number of carbonyl (C=O) groups excluding carboxylic acids is 1. The maximum absolute atomic E-state index is 13.4. The normalized spacial score (nSPS) is 14.4. The van der Waals surface area contributed by atoms with Gasteiger partial charge in [-0.05, 0) is 67.6 Å². The van der Waals surface area contributed by atoms with E-state index in [0.29, 0.717) is 11.3 Å². The number of halogens is 1. The van der Waals surface area contributed by atoms with Crippen LogP contribution in [0.15, 0.2) is 60.7 Å². The molecule has 0 unspecified atom stereocenters. The quantitative estimate of drug-likeness (QED) is 0.537. The van der Waals surface area contributed by atoms with Gasteiger partial charge in [-0.3, -0.25) is 4.79 Å². The van der Waals surface area contributed by atoms with Gasteiger partial charge in [-0.15, -0.1) is 10.2 Å². The highest BCUT2D eigenvalue weighted by atomic mass is 19.1. The van der Waals surface area contributed by atoms with Crippen LogP contribution in [0.3, 0.4) is 0 Å². The molecule has 1 aromatic heterocycles. The van der Waals surface area contributed by atoms with E-state index in [1.165, 1.54) is 30.5 Å². The van der Waals surface area contributed by atoms with E-state index in [0.717, 1.165) is 43.9 Å². The fraction of sp³-hybridized carbons (Fsp3) is 0.346. The monoisotopic (exact) mass is 432 g/mol. The Morgan fingerprint density at radius 1 is 1.06 bits per heavy atom. The number of hydrogen-bond donors (Lipinski definition) is 1. The van der Waals surface area contributed by atoms with Gasteiger partial charge in [-0.2, -0.15) is 0 Å². The van der Waals surface area contributed by atoms with E-state index >= 15 is 0 Å². The molecule has 0 aliphatic carbocycles. The second-order valence-corrected chi connectivity index (χ2v) is 8.34. The highest BCUT2D eigenvalue weighted by Gasteiger charge is 2.26. The number of unbranched alkanes of at least 4 members (excludes halogenated alkanes) is 1. The van der Waals surface area contributed by atoms with Crippen LogP contribution in [0, 0.1) is 11.7 Å². The first kappa shape index (κ1) is 21.9. The smallest absolute Gasteiger partial charge is 0.227 e. The molecular weight excluding hydrogens is 403 g/mol. The number of piperidine rings is 1. The summed E-state index contributed by atoms with van der Waals surface area (Å²) >= 11 is 0. The number of hydrogen-bond acceptors (Lipinski definition) is 4. The third kappa shape index (κ3) is 5.49. The number of nitrogens with one attached hydrogen (secondary N) is 1. The average molecular weight is 433 g/mol. The Bertz CT molecular complexity index is 1030. The van der Waals surface area contributed by atoms with E-state index in [-0.39, 0.29) is 17.6 Å². The third-order valence-electron chi connectivity index (χ3n) is 6.00. The first-order valence-corrected chi connectivity index (χ1v) is 11.4. The summed E-state index contributed by atoms with van der Waals surface area (Å²) in [5.41, 5.74) is 3.51. The summed E-state index contributed by atoms with van der Waals surface area (Å²) in [7, 11) is 0. The molecule has 32 heavy (non-hydrogen) atoms. The molecule has 1 fully saturated rings. The maximum Gasteiger partial charge on any atom is 0.227 e. The van der Waals surface area contributed by atoms with E-state index in [2.05, 4.69) is 39.5 Å². The van der Waals surface area contributed by atoms with Crippen LogP contribution < -0.4 is 10.2 Å². The molecule has 6 heteroatoms. The predicted molar refractivity (Wildman–Crippen MR) is 126 cm³/mol. The molecule has 4 rings (SSSR count). The molecule has 166 valence electrons. The Labute approximate surface area is 188 Å². The van der Waals surface area contributed by atoms with Gasteiger partial charge in [0.05, 0.1) is 5.69 Å². The van der Waals surface area contributed by atoms with Crippen molar-refractivity contribution in [3.63, 3.8) is 0 Å². The highest BCUT2D eigenvalue weighted by molar-refractivity contribution is 5.92. The van der Waals surface area contributed by atoms with Crippen molar-refractivity contribution in [1.29, 1.82) is 0 Å². The van der Waals surface area contributed by atoms with Crippen molar-refractivity contribution >= 4 is 17.4 Å². The third-order valence-corrected chi connectivity index (χ3v) is 6.00. The molecule has 3 aromatic rings. The lowest BCUT2D eigenvalue weighted by Gasteiger charge is -2.31. The minimum Gasteiger partial charge on any atom is -0.355 e. The summed E-state index contributed by atoms with van der Waals surface area (Å²) in [6.07, 6.45) is 4.99. The molecule has 1 saturated heterocycles. The second kappa shape index (κ2) is 10.4. The molecule has 1 aliphatic rings. The zero-order valence-corrected chi connectivity index (χ0v) is 18.4. The number of anilines is 2. The second-order valence-electron chi connectivity index (χ2n) is 8.34. The lowest BCUT2D eigenvalue weighted by molar-refractivity contribution is -0.120. The Kier molecular flexibility index (Phi) is 7.10. The Balaban J connectivity index is 1.29. The van der Waals surface area contributed by atoms with E-state index < -0.39 is 0 Å². The van der Waals surface area contributed by atoms with Crippen molar-refractivity contribution in [2.75, 3.05) is 23.3 Å². The summed E-state index contributed by atoms with van der Waals surface area (Å²) in [5, 5.41) is 11.7. The number of nitrogens with zero attached hydrogens (tertiary/aromatic N) is 3. The number of amides is 1. The van der Waals surface area contributed by atoms with E-state index in [4.69, 9.17) is 0 Å². The number of benzene rings is 2. The summed E-state index contributed by atoms with van der Waals surface area (Å²) in [6.45, 7) is 3.69. The molecule has 1 aliphatic heterocycles. The first-order valence-electron chi connectivity index (χ1n) is 11.4. The van der Waals surface area contributed by atoms with Crippen molar-refractivity contribution in [3.8, 4) is 11.3 Å². The van der Waals surface area contributed by atoms with Crippen LogP contribution in [0.25, 0.3) is 11.3 Å². The molecule has 2 aromatic carbocycles. The summed E-state index contributed by atoms with van der Waals surface area (Å²) < 4.78 is 13.4. The zero-order chi connectivity index (χ0) is 22.3. The van der Waals surface area contributed by atoms with Crippen LogP contribution in [0.5, 0.6) is 0 Å². The van der Waals surface area contributed by atoms with Gasteiger partial charge in [0.15, 0.2) is 5.82 Å². The van der Waals surface area contributed by atoms with Gasteiger partial charge in [0.2, 0.25) is 5.91 Å². The van der Waals surface area contributed by atoms with Crippen molar-refractivity contribution < 1.29 is 9.18 Å². The van der Waals surface area contributed by atoms with Crippen LogP contribution >= 0.6 is 0 Å². The maximum atomic E-state index is 13.4. The fourth-order valence-corrected chi connectivity index (χ4v) is 4.05. The largest absolute Gasteiger partial charge is 0.355 e. The van der Waals surface area contributed by atoms with Gasteiger partial charge >= 0.3 is 0 Å².